The highest BCUT2D eigenvalue weighted by Gasteiger charge is 2.05. The Labute approximate surface area is 126 Å². The van der Waals surface area contributed by atoms with Gasteiger partial charge in [0.2, 0.25) is 0 Å². The van der Waals surface area contributed by atoms with E-state index in [1.165, 1.54) is 24.4 Å². The molecule has 1 rings (SSSR count). The molecule has 0 amide bonds. The highest BCUT2D eigenvalue weighted by Crippen LogP contribution is 2.25. The number of nitrogens with one attached hydrogen (secondary N) is 1. The zero-order chi connectivity index (χ0) is 14.1. The molecular formula is C13H18BrNO3S. The smallest absolute Gasteiger partial charge is 0.315 e. The molecule has 0 aromatic heterocycles. The Morgan fingerprint density at radius 2 is 2.21 bits per heavy atom. The Kier molecular flexibility index (Phi) is 8.13. The van der Waals surface area contributed by atoms with E-state index in [1.54, 1.807) is 7.11 Å². The van der Waals surface area contributed by atoms with Gasteiger partial charge in [-0.3, -0.25) is 4.79 Å². The first-order valence-electron chi connectivity index (χ1n) is 5.85. The monoisotopic (exact) mass is 347 g/mol. The number of hydrogen-bond acceptors (Lipinski definition) is 5. The average molecular weight is 348 g/mol. The normalized spacial score (nSPS) is 10.5. The van der Waals surface area contributed by atoms with Gasteiger partial charge in [0.1, 0.15) is 0 Å². The highest BCUT2D eigenvalue weighted by atomic mass is 79.9. The van der Waals surface area contributed by atoms with Gasteiger partial charge in [0.25, 0.3) is 0 Å². The van der Waals surface area contributed by atoms with Gasteiger partial charge in [0.15, 0.2) is 0 Å². The highest BCUT2D eigenvalue weighted by molar-refractivity contribution is 9.10. The van der Waals surface area contributed by atoms with E-state index in [0.717, 1.165) is 22.5 Å². The third kappa shape index (κ3) is 6.42. The number of carbonyl (C=O) groups is 1. The van der Waals surface area contributed by atoms with Gasteiger partial charge in [-0.2, -0.15) is 0 Å². The second-order valence-electron chi connectivity index (χ2n) is 3.79. The van der Waals surface area contributed by atoms with Gasteiger partial charge < -0.3 is 14.8 Å². The molecule has 0 aliphatic rings. The van der Waals surface area contributed by atoms with Crippen LogP contribution >= 0.6 is 27.7 Å². The van der Waals surface area contributed by atoms with E-state index in [9.17, 15) is 4.79 Å². The van der Waals surface area contributed by atoms with Crippen LogP contribution < -0.4 is 5.32 Å². The van der Waals surface area contributed by atoms with Crippen molar-refractivity contribution in [2.75, 3.05) is 33.1 Å². The first-order valence-corrected chi connectivity index (χ1v) is 7.63. The van der Waals surface area contributed by atoms with Crippen LogP contribution in [0, 0.1) is 0 Å². The summed E-state index contributed by atoms with van der Waals surface area (Å²) in [5, 5.41) is 3.29. The van der Waals surface area contributed by atoms with Crippen LogP contribution in [0.15, 0.2) is 27.6 Å². The van der Waals surface area contributed by atoms with Crippen LogP contribution in [-0.2, 0) is 20.8 Å². The van der Waals surface area contributed by atoms with E-state index in [0.29, 0.717) is 12.4 Å². The minimum Gasteiger partial charge on any atom is -0.468 e. The summed E-state index contributed by atoms with van der Waals surface area (Å²) in [6.45, 7) is 2.30. The topological polar surface area (TPSA) is 47.6 Å². The summed E-state index contributed by atoms with van der Waals surface area (Å²) in [6, 6.07) is 6.07. The van der Waals surface area contributed by atoms with Gasteiger partial charge in [-0.25, -0.2) is 0 Å². The maximum atomic E-state index is 11.1. The predicted molar refractivity (Wildman–Crippen MR) is 80.5 cm³/mol. The average Bonchev–Trinajstić information content (AvgIpc) is 2.42. The lowest BCUT2D eigenvalue weighted by Gasteiger charge is -2.08. The van der Waals surface area contributed by atoms with Crippen LogP contribution in [0.2, 0.25) is 0 Å². The fraction of sp³-hybridized carbons (Fsp3) is 0.462. The number of halogens is 1. The minimum atomic E-state index is -0.216. The molecule has 0 heterocycles. The Morgan fingerprint density at radius 3 is 2.84 bits per heavy atom. The molecule has 19 heavy (non-hydrogen) atoms. The summed E-state index contributed by atoms with van der Waals surface area (Å²) < 4.78 is 10.6. The van der Waals surface area contributed by atoms with E-state index in [1.807, 2.05) is 18.2 Å². The van der Waals surface area contributed by atoms with Crippen molar-refractivity contribution in [2.24, 2.45) is 0 Å². The van der Waals surface area contributed by atoms with Crippen molar-refractivity contribution < 1.29 is 14.3 Å². The van der Waals surface area contributed by atoms with Crippen molar-refractivity contribution >= 4 is 33.7 Å². The van der Waals surface area contributed by atoms with Crippen molar-refractivity contribution in [3.63, 3.8) is 0 Å². The van der Waals surface area contributed by atoms with Gasteiger partial charge in [-0.05, 0) is 17.7 Å². The van der Waals surface area contributed by atoms with Crippen molar-refractivity contribution in [1.29, 1.82) is 0 Å². The number of esters is 1. The van der Waals surface area contributed by atoms with Crippen LogP contribution in [-0.4, -0.2) is 39.1 Å². The molecule has 0 atom stereocenters. The van der Waals surface area contributed by atoms with E-state index >= 15 is 0 Å². The van der Waals surface area contributed by atoms with Gasteiger partial charge in [-0.15, -0.1) is 11.8 Å². The van der Waals surface area contributed by atoms with E-state index in [2.05, 4.69) is 26.0 Å². The maximum Gasteiger partial charge on any atom is 0.315 e. The number of rotatable bonds is 8. The Hall–Kier alpha value is -0.560. The summed E-state index contributed by atoms with van der Waals surface area (Å²) in [6.07, 6.45) is 0. The summed E-state index contributed by atoms with van der Waals surface area (Å²) in [5.41, 5.74) is 1.18. The molecular weight excluding hydrogens is 330 g/mol. The van der Waals surface area contributed by atoms with Crippen LogP contribution in [0.1, 0.15) is 5.56 Å². The molecule has 1 aromatic carbocycles. The van der Waals surface area contributed by atoms with Crippen molar-refractivity contribution in [1.82, 2.24) is 5.32 Å². The molecule has 0 aliphatic carbocycles. The molecule has 106 valence electrons. The van der Waals surface area contributed by atoms with E-state index in [-0.39, 0.29) is 5.97 Å². The lowest BCUT2D eigenvalue weighted by Crippen LogP contribution is -2.18. The summed E-state index contributed by atoms with van der Waals surface area (Å²) in [7, 11) is 3.08. The summed E-state index contributed by atoms with van der Waals surface area (Å²) in [4.78, 5) is 12.1. The van der Waals surface area contributed by atoms with E-state index < -0.39 is 0 Å². The van der Waals surface area contributed by atoms with Crippen molar-refractivity contribution in [3.05, 3.63) is 28.2 Å². The van der Waals surface area contributed by atoms with Crippen LogP contribution in [0.3, 0.4) is 0 Å². The number of methoxy groups -OCH3 is 2. The molecule has 0 spiro atoms. The van der Waals surface area contributed by atoms with Crippen LogP contribution in [0.25, 0.3) is 0 Å². The first kappa shape index (κ1) is 16.5. The zero-order valence-corrected chi connectivity index (χ0v) is 13.5. The number of carbonyl (C=O) groups excluding carboxylic acids is 1. The molecule has 0 saturated carbocycles. The largest absolute Gasteiger partial charge is 0.468 e. The summed E-state index contributed by atoms with van der Waals surface area (Å²) >= 11 is 5.00. The number of benzene rings is 1. The maximum absolute atomic E-state index is 11.1. The molecule has 4 nitrogen and oxygen atoms in total. The standard InChI is InChI=1S/C13H18BrNO3S/c1-17-6-5-15-8-10-3-4-11(7-12(10)14)19-9-13(16)18-2/h3-4,7,15H,5-6,8-9H2,1-2H3. The Morgan fingerprint density at radius 1 is 1.42 bits per heavy atom. The third-order valence-corrected chi connectivity index (χ3v) is 4.11. The molecule has 0 radical (unpaired) electrons. The molecule has 1 N–H and O–H groups in total. The molecule has 0 unspecified atom stereocenters. The molecule has 0 fully saturated rings. The minimum absolute atomic E-state index is 0.216. The molecule has 0 bridgehead atoms. The Balaban J connectivity index is 2.47. The molecule has 6 heteroatoms. The lowest BCUT2D eigenvalue weighted by atomic mass is 10.2. The SMILES string of the molecule is COCCNCc1ccc(SCC(=O)OC)cc1Br. The molecule has 0 aliphatic heterocycles. The van der Waals surface area contributed by atoms with Crippen molar-refractivity contribution in [2.45, 2.75) is 11.4 Å². The van der Waals surface area contributed by atoms with Crippen molar-refractivity contribution in [3.8, 4) is 0 Å². The van der Waals surface area contributed by atoms with Crippen LogP contribution in [0.5, 0.6) is 0 Å². The molecule has 0 saturated heterocycles. The fourth-order valence-corrected chi connectivity index (χ4v) is 2.80. The zero-order valence-electron chi connectivity index (χ0n) is 11.1. The second kappa shape index (κ2) is 9.36. The quantitative estimate of drug-likeness (QED) is 0.444. The lowest BCUT2D eigenvalue weighted by molar-refractivity contribution is -0.137. The number of ether oxygens (including phenoxy) is 2. The fourth-order valence-electron chi connectivity index (χ4n) is 1.36. The second-order valence-corrected chi connectivity index (χ2v) is 5.69. The first-order chi connectivity index (χ1) is 9.17. The van der Waals surface area contributed by atoms with Gasteiger partial charge >= 0.3 is 5.97 Å². The predicted octanol–water partition coefficient (Wildman–Crippen LogP) is 2.45. The molecule has 1 aromatic rings. The Bertz CT molecular complexity index is 415. The van der Waals surface area contributed by atoms with E-state index in [4.69, 9.17) is 4.74 Å². The summed E-state index contributed by atoms with van der Waals surface area (Å²) in [5.74, 6) is 0.111. The van der Waals surface area contributed by atoms with Gasteiger partial charge in [-0.1, -0.05) is 22.0 Å². The third-order valence-electron chi connectivity index (χ3n) is 2.41. The van der Waals surface area contributed by atoms with Crippen LogP contribution in [0.4, 0.5) is 0 Å². The van der Waals surface area contributed by atoms with Gasteiger partial charge in [0, 0.05) is 29.6 Å². The number of hydrogen-bond donors (Lipinski definition) is 1. The van der Waals surface area contributed by atoms with Gasteiger partial charge in [0.05, 0.1) is 19.5 Å². The number of thioether (sulfide) groups is 1.